The summed E-state index contributed by atoms with van der Waals surface area (Å²) < 4.78 is 4.59. The van der Waals surface area contributed by atoms with Crippen molar-refractivity contribution >= 4 is 17.3 Å². The molecule has 0 saturated heterocycles. The van der Waals surface area contributed by atoms with Crippen LogP contribution in [0.4, 0.5) is 0 Å². The summed E-state index contributed by atoms with van der Waals surface area (Å²) in [5.41, 5.74) is 0. The Kier molecular flexibility index (Phi) is 3.19. The van der Waals surface area contributed by atoms with E-state index in [1.165, 1.54) is 18.4 Å². The number of esters is 1. The first-order valence-corrected chi connectivity index (χ1v) is 4.32. The second kappa shape index (κ2) is 4.18. The molecule has 12 heavy (non-hydrogen) atoms. The molecule has 0 amide bonds. The van der Waals surface area contributed by atoms with Gasteiger partial charge in [0.25, 0.3) is 0 Å². The van der Waals surface area contributed by atoms with Crippen molar-refractivity contribution in [3.8, 4) is 0 Å². The number of aromatic nitrogens is 1. The normalized spacial score (nSPS) is 12.5. The summed E-state index contributed by atoms with van der Waals surface area (Å²) in [6.45, 7) is 0. The maximum atomic E-state index is 11.1. The molecule has 0 radical (unpaired) electrons. The monoisotopic (exact) mass is 186 g/mol. The Morgan fingerprint density at radius 2 is 2.58 bits per heavy atom. The first-order valence-electron chi connectivity index (χ1n) is 3.44. The molecule has 4 nitrogen and oxygen atoms in total. The van der Waals surface area contributed by atoms with Crippen LogP contribution in [-0.4, -0.2) is 25.1 Å². The summed E-state index contributed by atoms with van der Waals surface area (Å²) in [6, 6.07) is -0.435. The summed E-state index contributed by atoms with van der Waals surface area (Å²) in [6.07, 6.45) is 1.66. The largest absolute Gasteiger partial charge is 0.468 e. The maximum Gasteiger partial charge on any atom is 0.330 e. The fraction of sp³-hybridized carbons (Fsp3) is 0.429. The van der Waals surface area contributed by atoms with Crippen molar-refractivity contribution in [2.24, 2.45) is 0 Å². The minimum absolute atomic E-state index is 0.313. The number of nitrogens with zero attached hydrogens (tertiary/aromatic N) is 1. The van der Waals surface area contributed by atoms with E-state index in [9.17, 15) is 4.79 Å². The molecular formula is C7H10N2O2S. The zero-order chi connectivity index (χ0) is 8.97. The van der Waals surface area contributed by atoms with Crippen LogP contribution < -0.4 is 5.32 Å². The molecule has 1 rings (SSSR count). The van der Waals surface area contributed by atoms with Crippen LogP contribution in [0.25, 0.3) is 0 Å². The molecule has 0 bridgehead atoms. The molecule has 0 aromatic carbocycles. The lowest BCUT2D eigenvalue weighted by Gasteiger charge is -2.09. The van der Waals surface area contributed by atoms with Crippen LogP contribution in [0.1, 0.15) is 11.0 Å². The van der Waals surface area contributed by atoms with Gasteiger partial charge in [-0.3, -0.25) is 0 Å². The average molecular weight is 186 g/mol. The number of hydrogen-bond acceptors (Lipinski definition) is 5. The second-order valence-corrected chi connectivity index (χ2v) is 3.04. The van der Waals surface area contributed by atoms with Crippen LogP contribution in [0, 0.1) is 0 Å². The van der Waals surface area contributed by atoms with Crippen LogP contribution >= 0.6 is 11.3 Å². The quantitative estimate of drug-likeness (QED) is 0.701. The summed E-state index contributed by atoms with van der Waals surface area (Å²) in [4.78, 5) is 15.1. The highest BCUT2D eigenvalue weighted by Gasteiger charge is 2.20. The Morgan fingerprint density at radius 1 is 1.83 bits per heavy atom. The van der Waals surface area contributed by atoms with Gasteiger partial charge in [0, 0.05) is 11.6 Å². The van der Waals surface area contributed by atoms with Gasteiger partial charge in [0.05, 0.1) is 7.11 Å². The van der Waals surface area contributed by atoms with Crippen molar-refractivity contribution < 1.29 is 9.53 Å². The van der Waals surface area contributed by atoms with E-state index in [-0.39, 0.29) is 5.97 Å². The molecule has 5 heteroatoms. The second-order valence-electron chi connectivity index (χ2n) is 2.12. The fourth-order valence-corrected chi connectivity index (χ4v) is 1.57. The third-order valence-electron chi connectivity index (χ3n) is 1.42. The highest BCUT2D eigenvalue weighted by molar-refractivity contribution is 7.09. The van der Waals surface area contributed by atoms with Crippen molar-refractivity contribution in [1.82, 2.24) is 10.3 Å². The molecule has 1 aromatic heterocycles. The molecule has 1 aromatic rings. The maximum absolute atomic E-state index is 11.1. The molecule has 1 atom stereocenters. The molecular weight excluding hydrogens is 176 g/mol. The Labute approximate surface area is 74.6 Å². The zero-order valence-corrected chi connectivity index (χ0v) is 7.72. The Morgan fingerprint density at radius 3 is 3.00 bits per heavy atom. The van der Waals surface area contributed by atoms with Crippen molar-refractivity contribution in [1.29, 1.82) is 0 Å². The summed E-state index contributed by atoms with van der Waals surface area (Å²) in [5, 5.41) is 5.38. The van der Waals surface area contributed by atoms with Crippen LogP contribution in [0.15, 0.2) is 11.6 Å². The van der Waals surface area contributed by atoms with Gasteiger partial charge in [-0.15, -0.1) is 11.3 Å². The number of likely N-dealkylation sites (N-methyl/N-ethyl adjacent to an activating group) is 1. The lowest BCUT2D eigenvalue weighted by atomic mass is 10.3. The zero-order valence-electron chi connectivity index (χ0n) is 6.90. The third-order valence-corrected chi connectivity index (χ3v) is 2.26. The van der Waals surface area contributed by atoms with Gasteiger partial charge < -0.3 is 10.1 Å². The van der Waals surface area contributed by atoms with Gasteiger partial charge >= 0.3 is 5.97 Å². The topological polar surface area (TPSA) is 51.2 Å². The van der Waals surface area contributed by atoms with E-state index in [0.717, 1.165) is 5.01 Å². The average Bonchev–Trinajstić information content (AvgIpc) is 2.58. The molecule has 1 N–H and O–H groups in total. The van der Waals surface area contributed by atoms with Crippen molar-refractivity contribution in [2.45, 2.75) is 6.04 Å². The van der Waals surface area contributed by atoms with Gasteiger partial charge in [-0.1, -0.05) is 0 Å². The van der Waals surface area contributed by atoms with Gasteiger partial charge in [0.1, 0.15) is 5.01 Å². The number of hydrogen-bond donors (Lipinski definition) is 1. The van der Waals surface area contributed by atoms with Gasteiger partial charge in [-0.25, -0.2) is 9.78 Å². The number of ether oxygens (including phenoxy) is 1. The van der Waals surface area contributed by atoms with E-state index in [1.54, 1.807) is 13.2 Å². The number of carbonyl (C=O) groups excluding carboxylic acids is 1. The summed E-state index contributed by atoms with van der Waals surface area (Å²) in [7, 11) is 3.06. The van der Waals surface area contributed by atoms with E-state index in [1.807, 2.05) is 5.38 Å². The van der Waals surface area contributed by atoms with E-state index in [2.05, 4.69) is 15.0 Å². The van der Waals surface area contributed by atoms with Crippen LogP contribution in [0.3, 0.4) is 0 Å². The molecule has 66 valence electrons. The standard InChI is InChI=1S/C7H10N2O2S/c1-8-5(7(10)11-2)6-9-3-4-12-6/h3-5,8H,1-2H3. The first-order chi connectivity index (χ1) is 5.79. The number of thiazole rings is 1. The SMILES string of the molecule is CNC(C(=O)OC)c1nccs1. The third kappa shape index (κ3) is 1.80. The van der Waals surface area contributed by atoms with Crippen LogP contribution in [-0.2, 0) is 9.53 Å². The lowest BCUT2D eigenvalue weighted by molar-refractivity contribution is -0.143. The number of nitrogens with one attached hydrogen (secondary N) is 1. The minimum atomic E-state index is -0.435. The molecule has 1 unspecified atom stereocenters. The van der Waals surface area contributed by atoms with Crippen LogP contribution in [0.5, 0.6) is 0 Å². The summed E-state index contributed by atoms with van der Waals surface area (Å²) in [5.74, 6) is -0.313. The van der Waals surface area contributed by atoms with Crippen molar-refractivity contribution in [2.75, 3.05) is 14.2 Å². The first kappa shape index (κ1) is 9.15. The van der Waals surface area contributed by atoms with Crippen LogP contribution in [0.2, 0.25) is 0 Å². The number of rotatable bonds is 3. The smallest absolute Gasteiger partial charge is 0.330 e. The molecule has 0 aliphatic heterocycles. The fourth-order valence-electron chi connectivity index (χ4n) is 0.837. The van der Waals surface area contributed by atoms with E-state index in [0.29, 0.717) is 0 Å². The molecule has 0 fully saturated rings. The van der Waals surface area contributed by atoms with Gasteiger partial charge in [0.15, 0.2) is 6.04 Å². The van der Waals surface area contributed by atoms with E-state index >= 15 is 0 Å². The molecule has 1 heterocycles. The van der Waals surface area contributed by atoms with Gasteiger partial charge in [0.2, 0.25) is 0 Å². The highest BCUT2D eigenvalue weighted by Crippen LogP contribution is 2.15. The minimum Gasteiger partial charge on any atom is -0.468 e. The Hall–Kier alpha value is -0.940. The molecule has 0 saturated carbocycles. The van der Waals surface area contributed by atoms with Crippen molar-refractivity contribution in [3.63, 3.8) is 0 Å². The Balaban J connectivity index is 2.76. The molecule has 0 aliphatic carbocycles. The molecule has 0 spiro atoms. The molecule has 0 aliphatic rings. The predicted octanol–water partition coefficient (Wildman–Crippen LogP) is 0.577. The van der Waals surface area contributed by atoms with E-state index in [4.69, 9.17) is 0 Å². The summed E-state index contributed by atoms with van der Waals surface area (Å²) >= 11 is 1.42. The lowest BCUT2D eigenvalue weighted by Crippen LogP contribution is -2.26. The van der Waals surface area contributed by atoms with Crippen molar-refractivity contribution in [3.05, 3.63) is 16.6 Å². The predicted molar refractivity (Wildman–Crippen MR) is 45.9 cm³/mol. The highest BCUT2D eigenvalue weighted by atomic mass is 32.1. The van der Waals surface area contributed by atoms with E-state index < -0.39 is 6.04 Å². The Bertz CT molecular complexity index is 248. The van der Waals surface area contributed by atoms with Gasteiger partial charge in [-0.2, -0.15) is 0 Å². The number of methoxy groups -OCH3 is 1. The van der Waals surface area contributed by atoms with Gasteiger partial charge in [-0.05, 0) is 7.05 Å². The number of carbonyl (C=O) groups is 1.